The Morgan fingerprint density at radius 1 is 1.65 bits per heavy atom. The molecule has 0 spiro atoms. The van der Waals surface area contributed by atoms with Gasteiger partial charge < -0.3 is 15.8 Å². The summed E-state index contributed by atoms with van der Waals surface area (Å²) in [5.74, 6) is 0.338. The smallest absolute Gasteiger partial charge is 0.270 e. The summed E-state index contributed by atoms with van der Waals surface area (Å²) < 4.78 is 5.36. The molecule has 1 aromatic rings. The van der Waals surface area contributed by atoms with Crippen LogP contribution in [0.5, 0.6) is 0 Å². The van der Waals surface area contributed by atoms with Crippen LogP contribution in [-0.2, 0) is 11.3 Å². The van der Waals surface area contributed by atoms with Crippen molar-refractivity contribution in [3.05, 3.63) is 16.1 Å². The first-order valence-electron chi connectivity index (χ1n) is 5.64. The fraction of sp³-hybridized carbons (Fsp3) is 0.636. The number of amides is 1. The maximum absolute atomic E-state index is 11.6. The molecule has 0 bridgehead atoms. The Morgan fingerprint density at radius 2 is 2.41 bits per heavy atom. The third-order valence-corrected chi connectivity index (χ3v) is 2.81. The molecule has 0 aliphatic carbocycles. The van der Waals surface area contributed by atoms with Gasteiger partial charge in [0.2, 0.25) is 0 Å². The van der Waals surface area contributed by atoms with Crippen molar-refractivity contribution in [2.24, 2.45) is 11.7 Å². The Morgan fingerprint density at radius 3 is 3.00 bits per heavy atom. The molecule has 5 nitrogen and oxygen atoms in total. The summed E-state index contributed by atoms with van der Waals surface area (Å²) in [6.45, 7) is 6.28. The second-order valence-corrected chi connectivity index (χ2v) is 5.00. The highest BCUT2D eigenvalue weighted by molar-refractivity contribution is 7.09. The molecular weight excluding hydrogens is 238 g/mol. The lowest BCUT2D eigenvalue weighted by Crippen LogP contribution is -2.28. The molecule has 17 heavy (non-hydrogen) atoms. The van der Waals surface area contributed by atoms with Crippen LogP contribution in [0.2, 0.25) is 0 Å². The molecule has 0 saturated carbocycles. The second-order valence-electron chi connectivity index (χ2n) is 4.06. The van der Waals surface area contributed by atoms with Gasteiger partial charge in [-0.05, 0) is 5.92 Å². The van der Waals surface area contributed by atoms with Gasteiger partial charge in [0.15, 0.2) is 0 Å². The number of carbonyl (C=O) groups excluding carboxylic acids is 1. The molecule has 0 fully saturated rings. The number of nitrogens with zero attached hydrogens (tertiary/aromatic N) is 1. The average molecular weight is 257 g/mol. The topological polar surface area (TPSA) is 77.2 Å². The molecule has 3 N–H and O–H groups in total. The summed E-state index contributed by atoms with van der Waals surface area (Å²) in [6, 6.07) is 0. The molecule has 0 saturated heterocycles. The molecule has 0 atom stereocenters. The first-order valence-corrected chi connectivity index (χ1v) is 6.52. The minimum Gasteiger partial charge on any atom is -0.379 e. The normalized spacial score (nSPS) is 10.8. The van der Waals surface area contributed by atoms with Crippen molar-refractivity contribution in [3.8, 4) is 0 Å². The van der Waals surface area contributed by atoms with E-state index in [9.17, 15) is 4.79 Å². The molecular formula is C11H19N3O2S. The van der Waals surface area contributed by atoms with Gasteiger partial charge in [0, 0.05) is 25.1 Å². The molecule has 0 unspecified atom stereocenters. The lowest BCUT2D eigenvalue weighted by atomic mass is 10.2. The van der Waals surface area contributed by atoms with Crippen molar-refractivity contribution in [2.45, 2.75) is 20.4 Å². The number of hydrogen-bond donors (Lipinski definition) is 2. The summed E-state index contributed by atoms with van der Waals surface area (Å²) in [6.07, 6.45) is 0. The van der Waals surface area contributed by atoms with E-state index in [4.69, 9.17) is 10.5 Å². The minimum absolute atomic E-state index is 0.172. The first-order chi connectivity index (χ1) is 8.13. The second kappa shape index (κ2) is 7.37. The van der Waals surface area contributed by atoms with Gasteiger partial charge in [0.05, 0.1) is 6.61 Å². The van der Waals surface area contributed by atoms with E-state index in [1.807, 2.05) is 0 Å². The lowest BCUT2D eigenvalue weighted by Gasteiger charge is -2.07. The predicted octanol–water partition coefficient (Wildman–Crippen LogP) is 1.00. The van der Waals surface area contributed by atoms with Crippen molar-refractivity contribution in [1.82, 2.24) is 10.3 Å². The third-order valence-electron chi connectivity index (χ3n) is 1.94. The van der Waals surface area contributed by atoms with E-state index >= 15 is 0 Å². The van der Waals surface area contributed by atoms with E-state index in [0.29, 0.717) is 37.9 Å². The van der Waals surface area contributed by atoms with Gasteiger partial charge in [-0.3, -0.25) is 4.79 Å². The van der Waals surface area contributed by atoms with Crippen LogP contribution in [0, 0.1) is 5.92 Å². The predicted molar refractivity (Wildman–Crippen MR) is 68.0 cm³/mol. The van der Waals surface area contributed by atoms with Crippen LogP contribution < -0.4 is 11.1 Å². The quantitative estimate of drug-likeness (QED) is 0.715. The SMILES string of the molecule is CC(C)COCCNC(=O)c1csc(CN)n1. The molecule has 0 aliphatic heterocycles. The van der Waals surface area contributed by atoms with Gasteiger partial charge in [0.1, 0.15) is 10.7 Å². The van der Waals surface area contributed by atoms with Gasteiger partial charge >= 0.3 is 0 Å². The average Bonchev–Trinajstić information content (AvgIpc) is 2.76. The fourth-order valence-corrected chi connectivity index (χ4v) is 1.81. The zero-order valence-corrected chi connectivity index (χ0v) is 11.0. The zero-order chi connectivity index (χ0) is 12.7. The van der Waals surface area contributed by atoms with Crippen molar-refractivity contribution in [1.29, 1.82) is 0 Å². The largest absolute Gasteiger partial charge is 0.379 e. The number of thiazole rings is 1. The van der Waals surface area contributed by atoms with Crippen molar-refractivity contribution < 1.29 is 9.53 Å². The van der Waals surface area contributed by atoms with Crippen LogP contribution in [-0.4, -0.2) is 30.6 Å². The summed E-state index contributed by atoms with van der Waals surface area (Å²) >= 11 is 1.40. The van der Waals surface area contributed by atoms with Gasteiger partial charge in [-0.25, -0.2) is 4.98 Å². The summed E-state index contributed by atoms with van der Waals surface area (Å²) in [7, 11) is 0. The molecule has 1 aromatic heterocycles. The molecule has 0 aliphatic rings. The maximum atomic E-state index is 11.6. The summed E-state index contributed by atoms with van der Waals surface area (Å²) in [5, 5.41) is 5.23. The number of nitrogens with one attached hydrogen (secondary N) is 1. The van der Waals surface area contributed by atoms with Crippen LogP contribution >= 0.6 is 11.3 Å². The van der Waals surface area contributed by atoms with Crippen LogP contribution in [0.3, 0.4) is 0 Å². The van der Waals surface area contributed by atoms with E-state index < -0.39 is 0 Å². The Bertz CT molecular complexity index is 352. The first kappa shape index (κ1) is 14.1. The molecule has 0 radical (unpaired) electrons. The van der Waals surface area contributed by atoms with Gasteiger partial charge in [-0.1, -0.05) is 13.8 Å². The number of aromatic nitrogens is 1. The van der Waals surface area contributed by atoms with Crippen LogP contribution in [0.1, 0.15) is 29.3 Å². The highest BCUT2D eigenvalue weighted by Gasteiger charge is 2.09. The van der Waals surface area contributed by atoms with Gasteiger partial charge in [-0.2, -0.15) is 0 Å². The van der Waals surface area contributed by atoms with E-state index in [-0.39, 0.29) is 5.91 Å². The minimum atomic E-state index is -0.172. The lowest BCUT2D eigenvalue weighted by molar-refractivity contribution is 0.0882. The molecule has 1 heterocycles. The van der Waals surface area contributed by atoms with E-state index in [1.54, 1.807) is 5.38 Å². The maximum Gasteiger partial charge on any atom is 0.270 e. The fourth-order valence-electron chi connectivity index (χ4n) is 1.16. The third kappa shape index (κ3) is 5.25. The van der Waals surface area contributed by atoms with Crippen LogP contribution in [0.4, 0.5) is 0 Å². The summed E-state index contributed by atoms with van der Waals surface area (Å²) in [4.78, 5) is 15.7. The highest BCUT2D eigenvalue weighted by atomic mass is 32.1. The molecule has 0 aromatic carbocycles. The Hall–Kier alpha value is -0.980. The Kier molecular flexibility index (Phi) is 6.10. The van der Waals surface area contributed by atoms with Crippen molar-refractivity contribution in [3.63, 3.8) is 0 Å². The van der Waals surface area contributed by atoms with Crippen LogP contribution in [0.15, 0.2) is 5.38 Å². The molecule has 96 valence electrons. The Balaban J connectivity index is 2.21. The molecule has 1 amide bonds. The van der Waals surface area contributed by atoms with Crippen molar-refractivity contribution in [2.75, 3.05) is 19.8 Å². The molecule has 1 rings (SSSR count). The van der Waals surface area contributed by atoms with Gasteiger partial charge in [-0.15, -0.1) is 11.3 Å². The summed E-state index contributed by atoms with van der Waals surface area (Å²) in [5.41, 5.74) is 5.86. The van der Waals surface area contributed by atoms with E-state index in [2.05, 4.69) is 24.1 Å². The number of rotatable bonds is 7. The monoisotopic (exact) mass is 257 g/mol. The number of hydrogen-bond acceptors (Lipinski definition) is 5. The van der Waals surface area contributed by atoms with Crippen molar-refractivity contribution >= 4 is 17.2 Å². The van der Waals surface area contributed by atoms with E-state index in [1.165, 1.54) is 11.3 Å². The van der Waals surface area contributed by atoms with Gasteiger partial charge in [0.25, 0.3) is 5.91 Å². The standard InChI is InChI=1S/C11H19N3O2S/c1-8(2)6-16-4-3-13-11(15)9-7-17-10(5-12)14-9/h7-8H,3-6,12H2,1-2H3,(H,13,15). The zero-order valence-electron chi connectivity index (χ0n) is 10.2. The van der Waals surface area contributed by atoms with E-state index in [0.717, 1.165) is 5.01 Å². The Labute approximate surface area is 105 Å². The number of carbonyl (C=O) groups is 1. The molecule has 6 heteroatoms. The van der Waals surface area contributed by atoms with Crippen LogP contribution in [0.25, 0.3) is 0 Å². The highest BCUT2D eigenvalue weighted by Crippen LogP contribution is 2.08. The number of ether oxygens (including phenoxy) is 1. The number of nitrogens with two attached hydrogens (primary N) is 1.